The molecule has 0 spiro atoms. The molecule has 4 heteroatoms. The van der Waals surface area contributed by atoms with Gasteiger partial charge < -0.3 is 10.2 Å². The molecule has 1 aliphatic rings. The fourth-order valence-corrected chi connectivity index (χ4v) is 2.78. The third-order valence-electron chi connectivity index (χ3n) is 3.72. The third-order valence-corrected chi connectivity index (χ3v) is 3.72. The Morgan fingerprint density at radius 1 is 1.16 bits per heavy atom. The van der Waals surface area contributed by atoms with E-state index in [1.54, 1.807) is 0 Å². The summed E-state index contributed by atoms with van der Waals surface area (Å²) in [5.74, 6) is 1.01. The average molecular weight is 256 g/mol. The maximum Gasteiger partial charge on any atom is 0.159 e. The molecule has 0 aliphatic carbocycles. The van der Waals surface area contributed by atoms with E-state index in [2.05, 4.69) is 58.5 Å². The molecule has 1 aliphatic heterocycles. The quantitative estimate of drug-likeness (QED) is 0.848. The van der Waals surface area contributed by atoms with Gasteiger partial charge in [-0.05, 0) is 20.8 Å². The largest absolute Gasteiger partial charge is 0.352 e. The minimum atomic E-state index is 0.117. The summed E-state index contributed by atoms with van der Waals surface area (Å²) in [5, 5.41) is 14.7. The molecule has 0 bridgehead atoms. The van der Waals surface area contributed by atoms with Crippen molar-refractivity contribution in [2.45, 2.75) is 26.3 Å². The van der Waals surface area contributed by atoms with E-state index >= 15 is 0 Å². The predicted octanol–water partition coefficient (Wildman–Crippen LogP) is 2.13. The van der Waals surface area contributed by atoms with Crippen molar-refractivity contribution in [2.75, 3.05) is 24.5 Å². The van der Waals surface area contributed by atoms with Crippen molar-refractivity contribution in [1.82, 2.24) is 15.5 Å². The van der Waals surface area contributed by atoms with Gasteiger partial charge in [-0.2, -0.15) is 5.10 Å². The van der Waals surface area contributed by atoms with Gasteiger partial charge in [-0.15, -0.1) is 5.10 Å². The van der Waals surface area contributed by atoms with Gasteiger partial charge in [0, 0.05) is 35.9 Å². The molecule has 4 nitrogen and oxygen atoms in total. The van der Waals surface area contributed by atoms with Crippen LogP contribution < -0.4 is 10.2 Å². The Hall–Kier alpha value is -1.68. The lowest BCUT2D eigenvalue weighted by Gasteiger charge is -2.39. The number of anilines is 1. The van der Waals surface area contributed by atoms with Crippen molar-refractivity contribution >= 4 is 16.6 Å². The zero-order chi connectivity index (χ0) is 13.5. The zero-order valence-electron chi connectivity index (χ0n) is 11.8. The molecule has 1 N–H and O–H groups in total. The maximum atomic E-state index is 4.44. The van der Waals surface area contributed by atoms with Gasteiger partial charge in [-0.3, -0.25) is 0 Å². The van der Waals surface area contributed by atoms with E-state index in [1.165, 1.54) is 10.8 Å². The summed E-state index contributed by atoms with van der Waals surface area (Å²) >= 11 is 0. The van der Waals surface area contributed by atoms with Crippen LogP contribution in [0.4, 0.5) is 5.82 Å². The molecule has 1 aromatic heterocycles. The van der Waals surface area contributed by atoms with E-state index in [-0.39, 0.29) is 5.54 Å². The van der Waals surface area contributed by atoms with Crippen LogP contribution in [0.25, 0.3) is 10.8 Å². The van der Waals surface area contributed by atoms with Gasteiger partial charge in [-0.1, -0.05) is 24.3 Å². The van der Waals surface area contributed by atoms with E-state index < -0.39 is 0 Å². The van der Waals surface area contributed by atoms with E-state index in [0.717, 1.165) is 31.1 Å². The number of piperazine rings is 1. The predicted molar refractivity (Wildman–Crippen MR) is 78.6 cm³/mol. The standard InChI is InChI=1S/C15H20N4/c1-11-12-6-4-5-7-13(12)14(18-17-11)19-9-8-16-15(2,3)10-19/h4-7,16H,8-10H2,1-3H3. The highest BCUT2D eigenvalue weighted by atomic mass is 15.3. The molecular formula is C15H20N4. The van der Waals surface area contributed by atoms with Gasteiger partial charge in [0.25, 0.3) is 0 Å². The van der Waals surface area contributed by atoms with E-state index in [9.17, 15) is 0 Å². The number of rotatable bonds is 1. The van der Waals surface area contributed by atoms with Crippen molar-refractivity contribution in [1.29, 1.82) is 0 Å². The first-order valence-corrected chi connectivity index (χ1v) is 6.79. The van der Waals surface area contributed by atoms with Gasteiger partial charge in [0.1, 0.15) is 0 Å². The molecule has 1 fully saturated rings. The second-order valence-corrected chi connectivity index (χ2v) is 5.89. The fourth-order valence-electron chi connectivity index (χ4n) is 2.78. The molecule has 1 aromatic carbocycles. The molecule has 0 unspecified atom stereocenters. The molecule has 1 saturated heterocycles. The molecule has 100 valence electrons. The summed E-state index contributed by atoms with van der Waals surface area (Å²) in [6.45, 7) is 9.38. The van der Waals surface area contributed by atoms with Crippen LogP contribution in [0, 0.1) is 6.92 Å². The molecule has 0 atom stereocenters. The summed E-state index contributed by atoms with van der Waals surface area (Å²) < 4.78 is 0. The van der Waals surface area contributed by atoms with Crippen LogP contribution in [-0.4, -0.2) is 35.4 Å². The highest BCUT2D eigenvalue weighted by Gasteiger charge is 2.27. The summed E-state index contributed by atoms with van der Waals surface area (Å²) in [4.78, 5) is 2.34. The fraction of sp³-hybridized carbons (Fsp3) is 0.467. The van der Waals surface area contributed by atoms with Gasteiger partial charge >= 0.3 is 0 Å². The van der Waals surface area contributed by atoms with Crippen LogP contribution in [0.3, 0.4) is 0 Å². The molecule has 19 heavy (non-hydrogen) atoms. The summed E-state index contributed by atoms with van der Waals surface area (Å²) in [7, 11) is 0. The number of fused-ring (bicyclic) bond motifs is 1. The minimum Gasteiger partial charge on any atom is -0.352 e. The number of aromatic nitrogens is 2. The van der Waals surface area contributed by atoms with Crippen molar-refractivity contribution < 1.29 is 0 Å². The number of hydrogen-bond donors (Lipinski definition) is 1. The number of nitrogens with one attached hydrogen (secondary N) is 1. The van der Waals surface area contributed by atoms with Crippen LogP contribution in [-0.2, 0) is 0 Å². The Morgan fingerprint density at radius 2 is 1.89 bits per heavy atom. The lowest BCUT2D eigenvalue weighted by Crippen LogP contribution is -2.57. The van der Waals surface area contributed by atoms with Crippen molar-refractivity contribution in [3.05, 3.63) is 30.0 Å². The van der Waals surface area contributed by atoms with Crippen molar-refractivity contribution in [3.8, 4) is 0 Å². The highest BCUT2D eigenvalue weighted by Crippen LogP contribution is 2.27. The van der Waals surface area contributed by atoms with Gasteiger partial charge in [0.05, 0.1) is 5.69 Å². The molecular weight excluding hydrogens is 236 g/mol. The molecule has 3 rings (SSSR count). The molecule has 2 aromatic rings. The van der Waals surface area contributed by atoms with Crippen LogP contribution in [0.1, 0.15) is 19.5 Å². The van der Waals surface area contributed by atoms with Crippen LogP contribution in [0.2, 0.25) is 0 Å². The van der Waals surface area contributed by atoms with Crippen LogP contribution >= 0.6 is 0 Å². The summed E-state index contributed by atoms with van der Waals surface area (Å²) in [6, 6.07) is 8.39. The molecule has 0 amide bonds. The minimum absolute atomic E-state index is 0.117. The smallest absolute Gasteiger partial charge is 0.159 e. The second-order valence-electron chi connectivity index (χ2n) is 5.89. The first-order valence-electron chi connectivity index (χ1n) is 6.79. The Balaban J connectivity index is 2.08. The van der Waals surface area contributed by atoms with Crippen LogP contribution in [0.15, 0.2) is 24.3 Å². The van der Waals surface area contributed by atoms with Gasteiger partial charge in [-0.25, -0.2) is 0 Å². The monoisotopic (exact) mass is 256 g/mol. The first kappa shape index (κ1) is 12.4. The first-order chi connectivity index (χ1) is 9.07. The van der Waals surface area contributed by atoms with Crippen molar-refractivity contribution in [3.63, 3.8) is 0 Å². The topological polar surface area (TPSA) is 41.1 Å². The number of nitrogens with zero attached hydrogens (tertiary/aromatic N) is 3. The lowest BCUT2D eigenvalue weighted by atomic mass is 10.0. The van der Waals surface area contributed by atoms with Crippen LogP contribution in [0.5, 0.6) is 0 Å². The lowest BCUT2D eigenvalue weighted by molar-refractivity contribution is 0.352. The number of hydrogen-bond acceptors (Lipinski definition) is 4. The average Bonchev–Trinajstić information content (AvgIpc) is 2.38. The maximum absolute atomic E-state index is 4.44. The normalized spacial score (nSPS) is 18.8. The van der Waals surface area contributed by atoms with Crippen molar-refractivity contribution in [2.24, 2.45) is 0 Å². The molecule has 0 radical (unpaired) electrons. The highest BCUT2D eigenvalue weighted by molar-refractivity contribution is 5.93. The Labute approximate surface area is 113 Å². The summed E-state index contributed by atoms with van der Waals surface area (Å²) in [5.41, 5.74) is 1.11. The Morgan fingerprint density at radius 3 is 2.63 bits per heavy atom. The third kappa shape index (κ3) is 2.28. The SMILES string of the molecule is Cc1nnc(N2CCNC(C)(C)C2)c2ccccc12. The number of benzene rings is 1. The second kappa shape index (κ2) is 4.46. The Kier molecular flexibility index (Phi) is 2.90. The summed E-state index contributed by atoms with van der Waals surface area (Å²) in [6.07, 6.45) is 0. The van der Waals surface area contributed by atoms with E-state index in [1.807, 2.05) is 6.92 Å². The van der Waals surface area contributed by atoms with E-state index in [0.29, 0.717) is 0 Å². The molecule has 2 heterocycles. The molecule has 0 saturated carbocycles. The van der Waals surface area contributed by atoms with Gasteiger partial charge in [0.15, 0.2) is 5.82 Å². The Bertz CT molecular complexity index is 606. The number of aryl methyl sites for hydroxylation is 1. The van der Waals surface area contributed by atoms with Gasteiger partial charge in [0.2, 0.25) is 0 Å². The van der Waals surface area contributed by atoms with E-state index in [4.69, 9.17) is 0 Å². The zero-order valence-corrected chi connectivity index (χ0v) is 11.8.